The Morgan fingerprint density at radius 2 is 2.29 bits per heavy atom. The Balaban J connectivity index is 3.30. The van der Waals surface area contributed by atoms with Gasteiger partial charge in [-0.15, -0.1) is 0 Å². The minimum Gasteiger partial charge on any atom is -0.303 e. The molecule has 14 heavy (non-hydrogen) atoms. The van der Waals surface area contributed by atoms with Crippen LogP contribution < -0.4 is 0 Å². The SMILES string of the molecule is CCc1c(C#N)cccc1C(C)C=O. The van der Waals surface area contributed by atoms with E-state index in [1.807, 2.05) is 26.0 Å². The standard InChI is InChI=1S/C12H13NO/c1-3-11-10(7-13)5-4-6-12(11)9(2)8-14/h4-6,8-9H,3H2,1-2H3. The van der Waals surface area contributed by atoms with Crippen molar-refractivity contribution in [3.63, 3.8) is 0 Å². The van der Waals surface area contributed by atoms with E-state index in [2.05, 4.69) is 6.07 Å². The molecule has 0 aliphatic rings. The highest BCUT2D eigenvalue weighted by atomic mass is 16.1. The Morgan fingerprint density at radius 1 is 1.57 bits per heavy atom. The van der Waals surface area contributed by atoms with Crippen LogP contribution in [0, 0.1) is 11.3 Å². The highest BCUT2D eigenvalue weighted by molar-refractivity contribution is 5.63. The highest BCUT2D eigenvalue weighted by Gasteiger charge is 2.11. The summed E-state index contributed by atoms with van der Waals surface area (Å²) in [6, 6.07) is 7.68. The Labute approximate surface area is 84.2 Å². The van der Waals surface area contributed by atoms with Crippen molar-refractivity contribution in [2.75, 3.05) is 0 Å². The van der Waals surface area contributed by atoms with Crippen molar-refractivity contribution in [3.8, 4) is 6.07 Å². The lowest BCUT2D eigenvalue weighted by molar-refractivity contribution is -0.108. The first-order valence-corrected chi connectivity index (χ1v) is 4.71. The summed E-state index contributed by atoms with van der Waals surface area (Å²) in [5.74, 6) is -0.127. The summed E-state index contributed by atoms with van der Waals surface area (Å²) in [5, 5.41) is 8.89. The van der Waals surface area contributed by atoms with Crippen LogP contribution in [0.3, 0.4) is 0 Å². The number of benzene rings is 1. The summed E-state index contributed by atoms with van der Waals surface area (Å²) in [6.07, 6.45) is 1.70. The molecule has 0 saturated heterocycles. The lowest BCUT2D eigenvalue weighted by Gasteiger charge is -2.11. The predicted molar refractivity (Wildman–Crippen MR) is 55.0 cm³/mol. The molecule has 0 bridgehead atoms. The van der Waals surface area contributed by atoms with E-state index in [0.29, 0.717) is 5.56 Å². The van der Waals surface area contributed by atoms with Crippen LogP contribution in [0.25, 0.3) is 0 Å². The molecular formula is C12H13NO. The van der Waals surface area contributed by atoms with Gasteiger partial charge in [0.1, 0.15) is 6.29 Å². The zero-order valence-corrected chi connectivity index (χ0v) is 8.45. The first-order valence-electron chi connectivity index (χ1n) is 4.71. The molecule has 0 amide bonds. The van der Waals surface area contributed by atoms with E-state index in [1.54, 1.807) is 6.07 Å². The van der Waals surface area contributed by atoms with E-state index in [9.17, 15) is 4.79 Å². The largest absolute Gasteiger partial charge is 0.303 e. The minimum atomic E-state index is -0.127. The van der Waals surface area contributed by atoms with Gasteiger partial charge in [-0.05, 0) is 23.6 Å². The van der Waals surface area contributed by atoms with Crippen LogP contribution in [-0.4, -0.2) is 6.29 Å². The molecule has 0 aliphatic carbocycles. The van der Waals surface area contributed by atoms with E-state index in [0.717, 1.165) is 23.8 Å². The number of hydrogen-bond donors (Lipinski definition) is 0. The number of carbonyl (C=O) groups excluding carboxylic acids is 1. The normalized spacial score (nSPS) is 11.8. The van der Waals surface area contributed by atoms with E-state index >= 15 is 0 Å². The highest BCUT2D eigenvalue weighted by Crippen LogP contribution is 2.21. The van der Waals surface area contributed by atoms with Crippen LogP contribution in [0.5, 0.6) is 0 Å². The van der Waals surface area contributed by atoms with Crippen molar-refractivity contribution >= 4 is 6.29 Å². The summed E-state index contributed by atoms with van der Waals surface area (Å²) in [7, 11) is 0. The Morgan fingerprint density at radius 3 is 2.79 bits per heavy atom. The van der Waals surface area contributed by atoms with Gasteiger partial charge < -0.3 is 4.79 Å². The van der Waals surface area contributed by atoms with Crippen molar-refractivity contribution in [3.05, 3.63) is 34.9 Å². The molecule has 2 nitrogen and oxygen atoms in total. The molecule has 0 fully saturated rings. The van der Waals surface area contributed by atoms with Crippen molar-refractivity contribution in [1.82, 2.24) is 0 Å². The van der Waals surface area contributed by atoms with Gasteiger partial charge in [-0.3, -0.25) is 0 Å². The molecule has 0 radical (unpaired) electrons. The molecule has 2 heteroatoms. The summed E-state index contributed by atoms with van der Waals surface area (Å²) in [4.78, 5) is 10.7. The van der Waals surface area contributed by atoms with Crippen molar-refractivity contribution in [1.29, 1.82) is 5.26 Å². The number of carbonyl (C=O) groups is 1. The molecule has 0 aliphatic heterocycles. The Bertz CT molecular complexity index is 376. The molecule has 1 rings (SSSR count). The van der Waals surface area contributed by atoms with Gasteiger partial charge in [0.2, 0.25) is 0 Å². The van der Waals surface area contributed by atoms with Gasteiger partial charge in [0.05, 0.1) is 11.6 Å². The number of nitrogens with zero attached hydrogens (tertiary/aromatic N) is 1. The second kappa shape index (κ2) is 4.57. The topological polar surface area (TPSA) is 40.9 Å². The molecule has 0 spiro atoms. The third-order valence-electron chi connectivity index (χ3n) is 2.38. The average molecular weight is 187 g/mol. The Hall–Kier alpha value is -1.62. The van der Waals surface area contributed by atoms with Crippen LogP contribution in [0.1, 0.15) is 36.5 Å². The number of aldehydes is 1. The molecule has 0 N–H and O–H groups in total. The molecule has 1 unspecified atom stereocenters. The van der Waals surface area contributed by atoms with E-state index < -0.39 is 0 Å². The van der Waals surface area contributed by atoms with E-state index in [1.165, 1.54) is 0 Å². The van der Waals surface area contributed by atoms with E-state index in [-0.39, 0.29) is 5.92 Å². The molecule has 0 heterocycles. The monoisotopic (exact) mass is 187 g/mol. The fourth-order valence-corrected chi connectivity index (χ4v) is 1.60. The van der Waals surface area contributed by atoms with Gasteiger partial charge >= 0.3 is 0 Å². The fourth-order valence-electron chi connectivity index (χ4n) is 1.60. The average Bonchev–Trinajstić information content (AvgIpc) is 2.26. The third-order valence-corrected chi connectivity index (χ3v) is 2.38. The molecule has 0 saturated carbocycles. The molecule has 0 aromatic heterocycles. The first kappa shape index (κ1) is 10.5. The maximum absolute atomic E-state index is 10.7. The molecule has 1 aromatic carbocycles. The van der Waals surface area contributed by atoms with Crippen LogP contribution in [-0.2, 0) is 11.2 Å². The number of rotatable bonds is 3. The van der Waals surface area contributed by atoms with Crippen LogP contribution >= 0.6 is 0 Å². The fraction of sp³-hybridized carbons (Fsp3) is 0.333. The minimum absolute atomic E-state index is 0.127. The number of hydrogen-bond acceptors (Lipinski definition) is 2. The number of nitriles is 1. The van der Waals surface area contributed by atoms with Crippen LogP contribution in [0.2, 0.25) is 0 Å². The van der Waals surface area contributed by atoms with Crippen LogP contribution in [0.15, 0.2) is 18.2 Å². The molecule has 72 valence electrons. The second-order valence-corrected chi connectivity index (χ2v) is 3.26. The summed E-state index contributed by atoms with van der Waals surface area (Å²) < 4.78 is 0. The lowest BCUT2D eigenvalue weighted by atomic mass is 9.92. The molecule has 1 atom stereocenters. The maximum atomic E-state index is 10.7. The smallest absolute Gasteiger partial charge is 0.127 e. The summed E-state index contributed by atoms with van der Waals surface area (Å²) in [5.41, 5.74) is 2.65. The van der Waals surface area contributed by atoms with Crippen LogP contribution in [0.4, 0.5) is 0 Å². The predicted octanol–water partition coefficient (Wildman–Crippen LogP) is 2.42. The summed E-state index contributed by atoms with van der Waals surface area (Å²) >= 11 is 0. The maximum Gasteiger partial charge on any atom is 0.127 e. The molecular weight excluding hydrogens is 174 g/mol. The van der Waals surface area contributed by atoms with E-state index in [4.69, 9.17) is 5.26 Å². The first-order chi connectivity index (χ1) is 6.74. The third kappa shape index (κ3) is 1.82. The van der Waals surface area contributed by atoms with Gasteiger partial charge in [0, 0.05) is 5.92 Å². The second-order valence-electron chi connectivity index (χ2n) is 3.26. The zero-order valence-electron chi connectivity index (χ0n) is 8.45. The van der Waals surface area contributed by atoms with Crippen molar-refractivity contribution in [2.45, 2.75) is 26.2 Å². The lowest BCUT2D eigenvalue weighted by Crippen LogP contribution is -2.01. The Kier molecular flexibility index (Phi) is 3.41. The zero-order chi connectivity index (χ0) is 10.6. The summed E-state index contributed by atoms with van der Waals surface area (Å²) in [6.45, 7) is 3.85. The quantitative estimate of drug-likeness (QED) is 0.682. The van der Waals surface area contributed by atoms with Gasteiger partial charge in [0.15, 0.2) is 0 Å². The van der Waals surface area contributed by atoms with Crippen molar-refractivity contribution in [2.24, 2.45) is 0 Å². The van der Waals surface area contributed by atoms with Gasteiger partial charge in [-0.25, -0.2) is 0 Å². The van der Waals surface area contributed by atoms with Crippen molar-refractivity contribution < 1.29 is 4.79 Å². The van der Waals surface area contributed by atoms with Gasteiger partial charge in [-0.2, -0.15) is 5.26 Å². The van der Waals surface area contributed by atoms with Gasteiger partial charge in [0.25, 0.3) is 0 Å². The molecule has 1 aromatic rings. The van der Waals surface area contributed by atoms with Gasteiger partial charge in [-0.1, -0.05) is 26.0 Å².